The molecule has 0 aromatic carbocycles. The summed E-state index contributed by atoms with van der Waals surface area (Å²) in [5, 5.41) is 2.05. The molecule has 0 saturated carbocycles. The lowest BCUT2D eigenvalue weighted by Gasteiger charge is -2.24. The molecule has 0 spiro atoms. The summed E-state index contributed by atoms with van der Waals surface area (Å²) < 4.78 is 7.84. The Kier molecular flexibility index (Phi) is 4.67. The molecule has 3 heterocycles. The van der Waals surface area contributed by atoms with Gasteiger partial charge in [-0.05, 0) is 32.1 Å². The van der Waals surface area contributed by atoms with Crippen molar-refractivity contribution in [3.05, 3.63) is 23.5 Å². The molecule has 3 rings (SSSR count). The highest BCUT2D eigenvalue weighted by molar-refractivity contribution is 7.15. The predicted molar refractivity (Wildman–Crippen MR) is 80.7 cm³/mol. The standard InChI is InChI=1S/C14H22N4OS/c15-17-11(4-5-13-3-1-2-7-19-13)9-12-10-18-6-8-20-14(18)16-12/h6,8,10-11,13,17H,1-5,7,9,15H2. The van der Waals surface area contributed by atoms with Crippen LogP contribution in [-0.4, -0.2) is 28.1 Å². The molecule has 5 nitrogen and oxygen atoms in total. The molecule has 0 radical (unpaired) electrons. The van der Waals surface area contributed by atoms with Gasteiger partial charge in [0.05, 0.1) is 11.8 Å². The average molecular weight is 294 g/mol. The first-order valence-electron chi connectivity index (χ1n) is 7.34. The summed E-state index contributed by atoms with van der Waals surface area (Å²) in [6.07, 6.45) is 11.2. The van der Waals surface area contributed by atoms with E-state index < -0.39 is 0 Å². The summed E-state index contributed by atoms with van der Waals surface area (Å²) >= 11 is 1.66. The second-order valence-corrected chi connectivity index (χ2v) is 6.33. The molecule has 2 atom stereocenters. The molecule has 0 bridgehead atoms. The Labute approximate surface area is 123 Å². The number of rotatable bonds is 6. The van der Waals surface area contributed by atoms with E-state index in [9.17, 15) is 0 Å². The maximum atomic E-state index is 5.77. The van der Waals surface area contributed by atoms with Crippen LogP contribution >= 0.6 is 11.3 Å². The van der Waals surface area contributed by atoms with Gasteiger partial charge in [0.1, 0.15) is 0 Å². The first-order valence-corrected chi connectivity index (χ1v) is 8.22. The van der Waals surface area contributed by atoms with Crippen molar-refractivity contribution < 1.29 is 4.74 Å². The Morgan fingerprint density at radius 1 is 1.55 bits per heavy atom. The summed E-state index contributed by atoms with van der Waals surface area (Å²) in [4.78, 5) is 5.66. The van der Waals surface area contributed by atoms with Crippen molar-refractivity contribution in [3.63, 3.8) is 0 Å². The lowest BCUT2D eigenvalue weighted by atomic mass is 10.00. The predicted octanol–water partition coefficient (Wildman–Crippen LogP) is 2.12. The molecule has 2 unspecified atom stereocenters. The van der Waals surface area contributed by atoms with E-state index in [-0.39, 0.29) is 6.04 Å². The fourth-order valence-electron chi connectivity index (χ4n) is 2.79. The van der Waals surface area contributed by atoms with Gasteiger partial charge < -0.3 is 4.74 Å². The molecule has 3 N–H and O–H groups in total. The van der Waals surface area contributed by atoms with Crippen LogP contribution < -0.4 is 11.3 Å². The second kappa shape index (κ2) is 6.67. The molecular formula is C14H22N4OS. The molecule has 20 heavy (non-hydrogen) atoms. The molecule has 2 aromatic heterocycles. The molecule has 0 amide bonds. The molecule has 1 aliphatic rings. The number of aromatic nitrogens is 2. The average Bonchev–Trinajstić information content (AvgIpc) is 3.05. The third kappa shape index (κ3) is 3.38. The monoisotopic (exact) mass is 294 g/mol. The maximum absolute atomic E-state index is 5.77. The minimum absolute atomic E-state index is 0.269. The van der Waals surface area contributed by atoms with Crippen molar-refractivity contribution in [1.29, 1.82) is 0 Å². The van der Waals surface area contributed by atoms with Gasteiger partial charge in [0.2, 0.25) is 0 Å². The second-order valence-electron chi connectivity index (χ2n) is 5.46. The van der Waals surface area contributed by atoms with E-state index >= 15 is 0 Å². The lowest BCUT2D eigenvalue weighted by molar-refractivity contribution is 0.00857. The van der Waals surface area contributed by atoms with Crippen LogP contribution in [0.2, 0.25) is 0 Å². The van der Waals surface area contributed by atoms with Gasteiger partial charge in [-0.3, -0.25) is 15.7 Å². The highest BCUT2D eigenvalue weighted by Crippen LogP contribution is 2.19. The number of hydrazine groups is 1. The number of hydrogen-bond donors (Lipinski definition) is 2. The number of nitrogens with zero attached hydrogens (tertiary/aromatic N) is 2. The summed E-state index contributed by atoms with van der Waals surface area (Å²) in [6, 6.07) is 0.269. The smallest absolute Gasteiger partial charge is 0.193 e. The fraction of sp³-hybridized carbons (Fsp3) is 0.643. The van der Waals surface area contributed by atoms with Gasteiger partial charge in [-0.2, -0.15) is 0 Å². The third-order valence-electron chi connectivity index (χ3n) is 3.95. The molecule has 1 aliphatic heterocycles. The van der Waals surface area contributed by atoms with Crippen molar-refractivity contribution in [1.82, 2.24) is 14.8 Å². The summed E-state index contributed by atoms with van der Waals surface area (Å²) in [5.74, 6) is 5.68. The molecule has 110 valence electrons. The molecule has 1 saturated heterocycles. The largest absolute Gasteiger partial charge is 0.378 e. The number of imidazole rings is 1. The van der Waals surface area contributed by atoms with Crippen LogP contribution in [-0.2, 0) is 11.2 Å². The summed E-state index contributed by atoms with van der Waals surface area (Å²) in [6.45, 7) is 0.919. The third-order valence-corrected chi connectivity index (χ3v) is 4.72. The zero-order chi connectivity index (χ0) is 13.8. The number of hydrogen-bond acceptors (Lipinski definition) is 5. The van der Waals surface area contributed by atoms with Gasteiger partial charge in [0.15, 0.2) is 4.96 Å². The number of thiazole rings is 1. The normalized spacial score (nSPS) is 21.4. The Bertz CT molecular complexity index is 503. The minimum atomic E-state index is 0.269. The van der Waals surface area contributed by atoms with Crippen LogP contribution in [0.5, 0.6) is 0 Å². The van der Waals surface area contributed by atoms with Crippen LogP contribution in [0, 0.1) is 0 Å². The van der Waals surface area contributed by atoms with Crippen LogP contribution in [0.1, 0.15) is 37.8 Å². The van der Waals surface area contributed by atoms with E-state index in [1.807, 2.05) is 11.6 Å². The zero-order valence-corrected chi connectivity index (χ0v) is 12.4. The molecule has 6 heteroatoms. The van der Waals surface area contributed by atoms with Crippen molar-refractivity contribution in [3.8, 4) is 0 Å². The topological polar surface area (TPSA) is 64.6 Å². The molecule has 2 aromatic rings. The quantitative estimate of drug-likeness (QED) is 0.633. The van der Waals surface area contributed by atoms with E-state index in [4.69, 9.17) is 10.6 Å². The van der Waals surface area contributed by atoms with Gasteiger partial charge in [-0.1, -0.05) is 0 Å². The van der Waals surface area contributed by atoms with Crippen molar-refractivity contribution in [2.24, 2.45) is 5.84 Å². The van der Waals surface area contributed by atoms with E-state index in [2.05, 4.69) is 21.0 Å². The highest BCUT2D eigenvalue weighted by Gasteiger charge is 2.17. The molecular weight excluding hydrogens is 272 g/mol. The van der Waals surface area contributed by atoms with Crippen molar-refractivity contribution >= 4 is 16.3 Å². The SMILES string of the molecule is NNC(CCC1CCCCO1)Cc1cn2ccsc2n1. The Morgan fingerprint density at radius 3 is 3.25 bits per heavy atom. The summed E-state index contributed by atoms with van der Waals surface area (Å²) in [7, 11) is 0. The van der Waals surface area contributed by atoms with Gasteiger partial charge in [0.25, 0.3) is 0 Å². The first-order chi connectivity index (χ1) is 9.85. The van der Waals surface area contributed by atoms with Crippen molar-refractivity contribution in [2.75, 3.05) is 6.61 Å². The van der Waals surface area contributed by atoms with E-state index in [0.717, 1.165) is 36.5 Å². The Balaban J connectivity index is 1.52. The maximum Gasteiger partial charge on any atom is 0.193 e. The Hall–Kier alpha value is -0.950. The van der Waals surface area contributed by atoms with Crippen LogP contribution in [0.25, 0.3) is 4.96 Å². The zero-order valence-electron chi connectivity index (χ0n) is 11.6. The molecule has 1 fully saturated rings. The van der Waals surface area contributed by atoms with Crippen LogP contribution in [0.4, 0.5) is 0 Å². The van der Waals surface area contributed by atoms with Crippen molar-refractivity contribution in [2.45, 2.75) is 50.7 Å². The Morgan fingerprint density at radius 2 is 2.50 bits per heavy atom. The number of nitrogens with one attached hydrogen (secondary N) is 1. The van der Waals surface area contributed by atoms with Crippen LogP contribution in [0.3, 0.4) is 0 Å². The van der Waals surface area contributed by atoms with E-state index in [1.54, 1.807) is 11.3 Å². The van der Waals surface area contributed by atoms with Gasteiger partial charge >= 0.3 is 0 Å². The number of fused-ring (bicyclic) bond motifs is 1. The van der Waals surface area contributed by atoms with E-state index in [1.165, 1.54) is 19.3 Å². The van der Waals surface area contributed by atoms with Gasteiger partial charge in [0, 0.05) is 36.8 Å². The number of nitrogens with two attached hydrogens (primary N) is 1. The fourth-order valence-corrected chi connectivity index (χ4v) is 3.51. The minimum Gasteiger partial charge on any atom is -0.378 e. The first kappa shape index (κ1) is 14.0. The van der Waals surface area contributed by atoms with E-state index in [0.29, 0.717) is 6.10 Å². The highest BCUT2D eigenvalue weighted by atomic mass is 32.1. The lowest BCUT2D eigenvalue weighted by Crippen LogP contribution is -2.37. The van der Waals surface area contributed by atoms with Gasteiger partial charge in [-0.25, -0.2) is 4.98 Å². The molecule has 0 aliphatic carbocycles. The van der Waals surface area contributed by atoms with Gasteiger partial charge in [-0.15, -0.1) is 11.3 Å². The van der Waals surface area contributed by atoms with Crippen LogP contribution in [0.15, 0.2) is 17.8 Å². The summed E-state index contributed by atoms with van der Waals surface area (Å²) in [5.41, 5.74) is 4.03. The number of ether oxygens (including phenoxy) is 1.